The van der Waals surface area contributed by atoms with Gasteiger partial charge in [0.2, 0.25) is 11.8 Å². The zero-order valence-electron chi connectivity index (χ0n) is 11.4. The Hall–Kier alpha value is -1.81. The van der Waals surface area contributed by atoms with E-state index in [9.17, 15) is 14.7 Å². The lowest BCUT2D eigenvalue weighted by molar-refractivity contribution is -0.127. The molecule has 2 fully saturated rings. The second kappa shape index (κ2) is 3.89. The van der Waals surface area contributed by atoms with Crippen molar-refractivity contribution in [3.8, 4) is 5.75 Å². The number of fused-ring (bicyclic) bond motifs is 5. The summed E-state index contributed by atoms with van der Waals surface area (Å²) in [5, 5.41) is 10.4. The molecular weight excluding hydrogens is 290 g/mol. The maximum atomic E-state index is 12.9. The highest BCUT2D eigenvalue weighted by Gasteiger charge is 2.67. The van der Waals surface area contributed by atoms with E-state index in [-0.39, 0.29) is 41.0 Å². The average molecular weight is 304 g/mol. The van der Waals surface area contributed by atoms with Gasteiger partial charge in [-0.3, -0.25) is 9.59 Å². The lowest BCUT2D eigenvalue weighted by Gasteiger charge is -2.28. The van der Waals surface area contributed by atoms with E-state index in [1.165, 1.54) is 18.2 Å². The van der Waals surface area contributed by atoms with Crippen LogP contribution in [0.5, 0.6) is 5.75 Å². The first-order valence-electron chi connectivity index (χ1n) is 7.00. The Morgan fingerprint density at radius 1 is 1.33 bits per heavy atom. The van der Waals surface area contributed by atoms with Crippen molar-refractivity contribution in [3.05, 3.63) is 35.4 Å². The number of hydrogen-bond acceptors (Lipinski definition) is 3. The Balaban J connectivity index is 1.85. The van der Waals surface area contributed by atoms with E-state index in [1.807, 2.05) is 19.1 Å². The molecule has 0 spiro atoms. The molecule has 2 bridgehead atoms. The fourth-order valence-corrected chi connectivity index (χ4v) is 4.38. The zero-order valence-corrected chi connectivity index (χ0v) is 12.2. The van der Waals surface area contributed by atoms with Crippen LogP contribution >= 0.6 is 11.6 Å². The van der Waals surface area contributed by atoms with Crippen LogP contribution in [0.4, 0.5) is 5.69 Å². The number of rotatable bonds is 1. The molecule has 1 saturated heterocycles. The number of carbonyl (C=O) groups is 2. The SMILES string of the molecule is C[C@]12C(=O)N(c3cc(Cl)ccc3O)C(=O)[C@H]1[C@H]1C=C[C@@H]2C1. The van der Waals surface area contributed by atoms with Crippen molar-refractivity contribution in [2.75, 3.05) is 4.90 Å². The normalized spacial score (nSPS) is 36.7. The van der Waals surface area contributed by atoms with Crippen molar-refractivity contribution in [1.82, 2.24) is 0 Å². The Kier molecular flexibility index (Phi) is 2.39. The maximum Gasteiger partial charge on any atom is 0.241 e. The molecule has 1 aromatic rings. The fraction of sp³-hybridized carbons (Fsp3) is 0.375. The smallest absolute Gasteiger partial charge is 0.241 e. The van der Waals surface area contributed by atoms with Gasteiger partial charge in [-0.1, -0.05) is 23.8 Å². The first kappa shape index (κ1) is 12.9. The number of amides is 2. The third-order valence-electron chi connectivity index (χ3n) is 5.29. The molecule has 4 nitrogen and oxygen atoms in total. The summed E-state index contributed by atoms with van der Waals surface area (Å²) in [6, 6.07) is 4.40. The van der Waals surface area contributed by atoms with Gasteiger partial charge in [0.05, 0.1) is 17.0 Å². The second-order valence-electron chi connectivity index (χ2n) is 6.26. The van der Waals surface area contributed by atoms with Crippen molar-refractivity contribution in [3.63, 3.8) is 0 Å². The van der Waals surface area contributed by atoms with Crippen LogP contribution in [0.25, 0.3) is 0 Å². The Morgan fingerprint density at radius 2 is 2.10 bits per heavy atom. The number of phenols is 1. The van der Waals surface area contributed by atoms with Gasteiger partial charge in [0.1, 0.15) is 5.75 Å². The summed E-state index contributed by atoms with van der Waals surface area (Å²) in [5.74, 6) is -0.648. The van der Waals surface area contributed by atoms with Crippen LogP contribution in [-0.2, 0) is 9.59 Å². The summed E-state index contributed by atoms with van der Waals surface area (Å²) in [5.41, 5.74) is -0.502. The minimum absolute atomic E-state index is 0.107. The molecule has 21 heavy (non-hydrogen) atoms. The van der Waals surface area contributed by atoms with Gasteiger partial charge in [-0.2, -0.15) is 0 Å². The topological polar surface area (TPSA) is 57.6 Å². The van der Waals surface area contributed by atoms with E-state index in [1.54, 1.807) is 0 Å². The molecule has 1 aliphatic heterocycles. The maximum absolute atomic E-state index is 12.9. The first-order chi connectivity index (χ1) is 9.94. The summed E-state index contributed by atoms with van der Waals surface area (Å²) in [4.78, 5) is 26.8. The summed E-state index contributed by atoms with van der Waals surface area (Å²) < 4.78 is 0. The monoisotopic (exact) mass is 303 g/mol. The molecule has 1 N–H and O–H groups in total. The van der Waals surface area contributed by atoms with Crippen LogP contribution in [0.2, 0.25) is 5.02 Å². The number of hydrogen-bond donors (Lipinski definition) is 1. The van der Waals surface area contributed by atoms with E-state index < -0.39 is 5.41 Å². The fourth-order valence-electron chi connectivity index (χ4n) is 4.21. The molecule has 2 amide bonds. The van der Waals surface area contributed by atoms with Crippen molar-refractivity contribution in [1.29, 1.82) is 0 Å². The van der Waals surface area contributed by atoms with Crippen LogP contribution in [-0.4, -0.2) is 16.9 Å². The highest BCUT2D eigenvalue weighted by molar-refractivity contribution is 6.32. The Morgan fingerprint density at radius 3 is 2.81 bits per heavy atom. The predicted octanol–water partition coefficient (Wildman–Crippen LogP) is 2.75. The number of halogens is 1. The van der Waals surface area contributed by atoms with Crippen molar-refractivity contribution >= 4 is 29.1 Å². The third-order valence-corrected chi connectivity index (χ3v) is 5.52. The van der Waals surface area contributed by atoms with Gasteiger partial charge in [0.25, 0.3) is 0 Å². The van der Waals surface area contributed by atoms with Crippen LogP contribution in [0.15, 0.2) is 30.4 Å². The van der Waals surface area contributed by atoms with E-state index in [2.05, 4.69) is 0 Å². The standard InChI is InChI=1S/C16H14ClNO3/c1-16-9-3-2-8(6-9)13(16)14(20)18(15(16)21)11-7-10(17)4-5-12(11)19/h2-5,7-9,13,19H,6H2,1H3/t8-,9+,13+,16+/m0/s1. The molecular formula is C16H14ClNO3. The van der Waals surface area contributed by atoms with Gasteiger partial charge in [-0.05, 0) is 43.4 Å². The number of allylic oxidation sites excluding steroid dienone is 2. The summed E-state index contributed by atoms with van der Waals surface area (Å²) >= 11 is 5.94. The third kappa shape index (κ3) is 1.41. The van der Waals surface area contributed by atoms with Crippen LogP contribution in [0, 0.1) is 23.2 Å². The number of anilines is 1. The Bertz CT molecular complexity index is 713. The number of imide groups is 1. The lowest BCUT2D eigenvalue weighted by Crippen LogP contribution is -2.37. The minimum atomic E-state index is -0.689. The molecule has 5 heteroatoms. The van der Waals surface area contributed by atoms with Crippen LogP contribution < -0.4 is 4.90 Å². The number of phenolic OH excluding ortho intramolecular Hbond substituents is 1. The predicted molar refractivity (Wildman–Crippen MR) is 77.9 cm³/mol. The molecule has 1 aromatic carbocycles. The molecule has 2 aliphatic carbocycles. The van der Waals surface area contributed by atoms with E-state index in [4.69, 9.17) is 11.6 Å². The molecule has 3 aliphatic rings. The van der Waals surface area contributed by atoms with Crippen LogP contribution in [0.1, 0.15) is 13.3 Å². The molecule has 1 saturated carbocycles. The number of aromatic hydroxyl groups is 1. The molecule has 108 valence electrons. The average Bonchev–Trinajstić information content (AvgIpc) is 3.06. The van der Waals surface area contributed by atoms with Gasteiger partial charge in [-0.15, -0.1) is 0 Å². The second-order valence-corrected chi connectivity index (χ2v) is 6.70. The quantitative estimate of drug-likeness (QED) is 0.641. The van der Waals surface area contributed by atoms with Crippen LogP contribution in [0.3, 0.4) is 0 Å². The van der Waals surface area contributed by atoms with Gasteiger partial charge in [-0.25, -0.2) is 4.90 Å². The molecule has 0 aromatic heterocycles. The molecule has 4 atom stereocenters. The summed E-state index contributed by atoms with van der Waals surface area (Å²) in [7, 11) is 0. The lowest BCUT2D eigenvalue weighted by atomic mass is 9.71. The molecule has 4 rings (SSSR count). The van der Waals surface area contributed by atoms with Gasteiger partial charge in [0.15, 0.2) is 0 Å². The van der Waals surface area contributed by atoms with Gasteiger partial charge in [0, 0.05) is 5.02 Å². The largest absolute Gasteiger partial charge is 0.506 e. The number of nitrogens with zero attached hydrogens (tertiary/aromatic N) is 1. The first-order valence-corrected chi connectivity index (χ1v) is 7.37. The molecule has 1 heterocycles. The highest BCUT2D eigenvalue weighted by atomic mass is 35.5. The summed E-state index contributed by atoms with van der Waals surface area (Å²) in [6.45, 7) is 1.87. The molecule has 0 unspecified atom stereocenters. The van der Waals surface area contributed by atoms with E-state index in [0.29, 0.717) is 5.02 Å². The number of benzene rings is 1. The summed E-state index contributed by atoms with van der Waals surface area (Å²) in [6.07, 6.45) is 4.96. The zero-order chi connectivity index (χ0) is 14.9. The minimum Gasteiger partial charge on any atom is -0.506 e. The number of carbonyl (C=O) groups excluding carboxylic acids is 2. The van der Waals surface area contributed by atoms with Crippen molar-refractivity contribution < 1.29 is 14.7 Å². The van der Waals surface area contributed by atoms with Gasteiger partial charge < -0.3 is 5.11 Å². The van der Waals surface area contributed by atoms with Crippen molar-refractivity contribution in [2.45, 2.75) is 13.3 Å². The van der Waals surface area contributed by atoms with E-state index in [0.717, 1.165) is 11.3 Å². The van der Waals surface area contributed by atoms with E-state index >= 15 is 0 Å². The molecule has 0 radical (unpaired) electrons. The Labute approximate surface area is 127 Å². The van der Waals surface area contributed by atoms with Gasteiger partial charge >= 0.3 is 0 Å². The van der Waals surface area contributed by atoms with Crippen molar-refractivity contribution in [2.24, 2.45) is 23.2 Å². The highest BCUT2D eigenvalue weighted by Crippen LogP contribution is 2.61.